The number of amides is 1. The number of rotatable bonds is 5. The molecule has 0 aliphatic carbocycles. The van der Waals surface area contributed by atoms with Crippen molar-refractivity contribution in [1.29, 1.82) is 0 Å². The summed E-state index contributed by atoms with van der Waals surface area (Å²) in [5.41, 5.74) is 0. The summed E-state index contributed by atoms with van der Waals surface area (Å²) in [5.74, 6) is 1.36. The number of thioether (sulfide) groups is 1. The van der Waals surface area contributed by atoms with Crippen LogP contribution >= 0.6 is 11.8 Å². The van der Waals surface area contributed by atoms with E-state index in [9.17, 15) is 9.59 Å². The lowest BCUT2D eigenvalue weighted by Gasteiger charge is -2.20. The van der Waals surface area contributed by atoms with Crippen LogP contribution in [0.5, 0.6) is 0 Å². The van der Waals surface area contributed by atoms with E-state index in [1.807, 2.05) is 13.8 Å². The van der Waals surface area contributed by atoms with Gasteiger partial charge in [0.1, 0.15) is 6.04 Å². The minimum Gasteiger partial charge on any atom is -0.467 e. The van der Waals surface area contributed by atoms with Gasteiger partial charge < -0.3 is 10.1 Å². The van der Waals surface area contributed by atoms with Gasteiger partial charge in [-0.05, 0) is 12.3 Å². The average Bonchev–Trinajstić information content (AvgIpc) is 2.79. The monoisotopic (exact) mass is 260 g/mol. The summed E-state index contributed by atoms with van der Waals surface area (Å²) < 4.78 is 4.70. The molecular weight excluding hydrogens is 240 g/mol. The molecule has 0 radical (unpaired) electrons. The molecule has 2 N–H and O–H groups in total. The Kier molecular flexibility index (Phi) is 5.77. The lowest BCUT2D eigenvalue weighted by molar-refractivity contribution is -0.145. The SMILES string of the molecule is COC(=O)[C@H](CC(C)C)NC(=O)C1CSCN1. The molecule has 2 atom stereocenters. The third-order valence-corrected chi connectivity index (χ3v) is 3.48. The predicted octanol–water partition coefficient (Wildman–Crippen LogP) is 0.353. The second-order valence-electron chi connectivity index (χ2n) is 4.49. The largest absolute Gasteiger partial charge is 0.467 e. The lowest BCUT2D eigenvalue weighted by atomic mass is 10.0. The fourth-order valence-electron chi connectivity index (χ4n) is 1.66. The van der Waals surface area contributed by atoms with Crippen molar-refractivity contribution >= 4 is 23.6 Å². The zero-order valence-corrected chi connectivity index (χ0v) is 11.3. The highest BCUT2D eigenvalue weighted by Crippen LogP contribution is 2.11. The molecular formula is C11H20N2O3S. The predicted molar refractivity (Wildman–Crippen MR) is 67.7 cm³/mol. The van der Waals surface area contributed by atoms with Crippen LogP contribution in [0.25, 0.3) is 0 Å². The van der Waals surface area contributed by atoms with E-state index < -0.39 is 6.04 Å². The molecule has 5 nitrogen and oxygen atoms in total. The van der Waals surface area contributed by atoms with E-state index in [0.29, 0.717) is 12.3 Å². The first-order chi connectivity index (χ1) is 8.04. The lowest BCUT2D eigenvalue weighted by Crippen LogP contribution is -2.49. The van der Waals surface area contributed by atoms with E-state index in [4.69, 9.17) is 4.74 Å². The van der Waals surface area contributed by atoms with E-state index in [1.165, 1.54) is 7.11 Å². The smallest absolute Gasteiger partial charge is 0.328 e. The Bertz CT molecular complexity index is 278. The van der Waals surface area contributed by atoms with Crippen LogP contribution in [-0.2, 0) is 14.3 Å². The number of ether oxygens (including phenoxy) is 1. The third kappa shape index (κ3) is 4.55. The Morgan fingerprint density at radius 2 is 2.24 bits per heavy atom. The van der Waals surface area contributed by atoms with Gasteiger partial charge in [-0.25, -0.2) is 4.79 Å². The first-order valence-corrected chi connectivity index (χ1v) is 6.89. The van der Waals surface area contributed by atoms with Crippen molar-refractivity contribution in [2.45, 2.75) is 32.4 Å². The zero-order valence-electron chi connectivity index (χ0n) is 10.5. The first kappa shape index (κ1) is 14.3. The number of carbonyl (C=O) groups excluding carboxylic acids is 2. The second kappa shape index (κ2) is 6.86. The molecule has 17 heavy (non-hydrogen) atoms. The number of hydrogen-bond donors (Lipinski definition) is 2. The summed E-state index contributed by atoms with van der Waals surface area (Å²) in [6, 6.07) is -0.737. The van der Waals surface area contributed by atoms with Gasteiger partial charge in [0.05, 0.1) is 13.2 Å². The summed E-state index contributed by atoms with van der Waals surface area (Å²) in [5, 5.41) is 5.82. The molecule has 1 aliphatic rings. The van der Waals surface area contributed by atoms with Crippen molar-refractivity contribution in [3.63, 3.8) is 0 Å². The van der Waals surface area contributed by atoms with Crippen LogP contribution in [0, 0.1) is 5.92 Å². The molecule has 1 unspecified atom stereocenters. The van der Waals surface area contributed by atoms with Gasteiger partial charge in [-0.2, -0.15) is 0 Å². The van der Waals surface area contributed by atoms with Crippen molar-refractivity contribution < 1.29 is 14.3 Å². The molecule has 1 heterocycles. The highest BCUT2D eigenvalue weighted by Gasteiger charge is 2.28. The summed E-state index contributed by atoms with van der Waals surface area (Å²) in [7, 11) is 1.34. The van der Waals surface area contributed by atoms with Crippen molar-refractivity contribution in [2.75, 3.05) is 18.7 Å². The third-order valence-electron chi connectivity index (χ3n) is 2.54. The number of nitrogens with one attached hydrogen (secondary N) is 2. The minimum atomic E-state index is -0.542. The molecule has 1 aliphatic heterocycles. The number of carbonyl (C=O) groups is 2. The van der Waals surface area contributed by atoms with E-state index in [0.717, 1.165) is 11.6 Å². The molecule has 0 aromatic rings. The summed E-state index contributed by atoms with van der Waals surface area (Å²) in [6.45, 7) is 4.01. The normalized spacial score (nSPS) is 21.3. The molecule has 98 valence electrons. The molecule has 0 bridgehead atoms. The van der Waals surface area contributed by atoms with Gasteiger partial charge in [0.15, 0.2) is 0 Å². The first-order valence-electron chi connectivity index (χ1n) is 5.74. The quantitative estimate of drug-likeness (QED) is 0.698. The average molecular weight is 260 g/mol. The summed E-state index contributed by atoms with van der Waals surface area (Å²) in [4.78, 5) is 23.4. The molecule has 1 rings (SSSR count). The topological polar surface area (TPSA) is 67.4 Å². The standard InChI is InChI=1S/C11H20N2O3S/c1-7(2)4-8(11(15)16-3)13-10(14)9-5-17-6-12-9/h7-9,12H,4-6H2,1-3H3,(H,13,14)/t8-,9?/m0/s1. The van der Waals surface area contributed by atoms with Crippen LogP contribution in [-0.4, -0.2) is 42.7 Å². The van der Waals surface area contributed by atoms with Crippen LogP contribution in [0.15, 0.2) is 0 Å². The minimum absolute atomic E-state index is 0.119. The van der Waals surface area contributed by atoms with Crippen LogP contribution in [0.2, 0.25) is 0 Å². The van der Waals surface area contributed by atoms with Gasteiger partial charge in [-0.1, -0.05) is 13.8 Å². The van der Waals surface area contributed by atoms with Crippen molar-refractivity contribution in [3.8, 4) is 0 Å². The van der Waals surface area contributed by atoms with Crippen LogP contribution in [0.3, 0.4) is 0 Å². The van der Waals surface area contributed by atoms with Crippen molar-refractivity contribution in [1.82, 2.24) is 10.6 Å². The molecule has 1 fully saturated rings. The molecule has 1 amide bonds. The highest BCUT2D eigenvalue weighted by molar-refractivity contribution is 7.99. The van der Waals surface area contributed by atoms with Gasteiger partial charge in [0.25, 0.3) is 0 Å². The Hall–Kier alpha value is -0.750. The maximum atomic E-state index is 11.9. The van der Waals surface area contributed by atoms with E-state index in [2.05, 4.69) is 10.6 Å². The van der Waals surface area contributed by atoms with Gasteiger partial charge in [0.2, 0.25) is 5.91 Å². The number of methoxy groups -OCH3 is 1. The fraction of sp³-hybridized carbons (Fsp3) is 0.818. The van der Waals surface area contributed by atoms with Crippen LogP contribution in [0.4, 0.5) is 0 Å². The fourth-order valence-corrected chi connectivity index (χ4v) is 2.61. The highest BCUT2D eigenvalue weighted by atomic mass is 32.2. The molecule has 0 spiro atoms. The van der Waals surface area contributed by atoms with Crippen molar-refractivity contribution in [3.05, 3.63) is 0 Å². The molecule has 0 saturated carbocycles. The van der Waals surface area contributed by atoms with Crippen LogP contribution < -0.4 is 10.6 Å². The Balaban J connectivity index is 2.52. The number of hydrogen-bond acceptors (Lipinski definition) is 5. The Labute approximate surface area is 106 Å². The van der Waals surface area contributed by atoms with Gasteiger partial charge >= 0.3 is 5.97 Å². The molecule has 6 heteroatoms. The number of esters is 1. The van der Waals surface area contributed by atoms with E-state index in [-0.39, 0.29) is 17.9 Å². The van der Waals surface area contributed by atoms with Gasteiger partial charge in [-0.3, -0.25) is 10.1 Å². The van der Waals surface area contributed by atoms with E-state index in [1.54, 1.807) is 11.8 Å². The second-order valence-corrected chi connectivity index (χ2v) is 5.52. The molecule has 1 saturated heterocycles. The maximum absolute atomic E-state index is 11.9. The maximum Gasteiger partial charge on any atom is 0.328 e. The van der Waals surface area contributed by atoms with Crippen LogP contribution in [0.1, 0.15) is 20.3 Å². The van der Waals surface area contributed by atoms with Gasteiger partial charge in [0, 0.05) is 11.6 Å². The Morgan fingerprint density at radius 3 is 2.71 bits per heavy atom. The Morgan fingerprint density at radius 1 is 1.53 bits per heavy atom. The summed E-state index contributed by atoms with van der Waals surface area (Å²) in [6.07, 6.45) is 0.596. The molecule has 0 aromatic carbocycles. The van der Waals surface area contributed by atoms with E-state index >= 15 is 0 Å². The summed E-state index contributed by atoms with van der Waals surface area (Å²) >= 11 is 1.68. The van der Waals surface area contributed by atoms with Gasteiger partial charge in [-0.15, -0.1) is 11.8 Å². The zero-order chi connectivity index (χ0) is 12.8. The molecule has 0 aromatic heterocycles. The van der Waals surface area contributed by atoms with Crippen molar-refractivity contribution in [2.24, 2.45) is 5.92 Å².